The lowest BCUT2D eigenvalue weighted by molar-refractivity contribution is -0.117. The summed E-state index contributed by atoms with van der Waals surface area (Å²) in [6.45, 7) is 3.05. The number of amides is 1. The second-order valence-electron chi connectivity index (χ2n) is 7.67. The van der Waals surface area contributed by atoms with Gasteiger partial charge in [-0.2, -0.15) is 0 Å². The molecule has 5 rings (SSSR count). The monoisotopic (exact) mass is 450 g/mol. The van der Waals surface area contributed by atoms with E-state index in [0.717, 1.165) is 40.3 Å². The molecule has 1 aromatic carbocycles. The van der Waals surface area contributed by atoms with Crippen molar-refractivity contribution in [3.63, 3.8) is 0 Å². The second kappa shape index (κ2) is 8.68. The SMILES string of the molecule is O=C(O)c1sc(N2CCOCC2)nc1CC(=O)N1CCc2c(-c3ccccn3)cccc21. The number of anilines is 2. The number of benzene rings is 1. The van der Waals surface area contributed by atoms with Gasteiger partial charge in [-0.15, -0.1) is 0 Å². The summed E-state index contributed by atoms with van der Waals surface area (Å²) >= 11 is 1.12. The van der Waals surface area contributed by atoms with Crippen molar-refractivity contribution in [2.24, 2.45) is 0 Å². The van der Waals surface area contributed by atoms with Gasteiger partial charge in [-0.25, -0.2) is 9.78 Å². The van der Waals surface area contributed by atoms with E-state index in [0.29, 0.717) is 43.7 Å². The van der Waals surface area contributed by atoms with Crippen molar-refractivity contribution in [3.8, 4) is 11.3 Å². The van der Waals surface area contributed by atoms with Gasteiger partial charge in [0.25, 0.3) is 0 Å². The second-order valence-corrected chi connectivity index (χ2v) is 8.64. The molecule has 8 nitrogen and oxygen atoms in total. The van der Waals surface area contributed by atoms with Gasteiger partial charge in [0.2, 0.25) is 5.91 Å². The summed E-state index contributed by atoms with van der Waals surface area (Å²) < 4.78 is 5.37. The van der Waals surface area contributed by atoms with E-state index in [1.54, 1.807) is 11.1 Å². The van der Waals surface area contributed by atoms with E-state index < -0.39 is 5.97 Å². The maximum absolute atomic E-state index is 13.2. The first-order valence-corrected chi connectivity index (χ1v) is 11.3. The number of carboxylic acids is 1. The van der Waals surface area contributed by atoms with Gasteiger partial charge in [-0.3, -0.25) is 9.78 Å². The Hall–Kier alpha value is -3.30. The van der Waals surface area contributed by atoms with Crippen LogP contribution in [-0.2, 0) is 22.4 Å². The molecule has 0 atom stereocenters. The number of thiazole rings is 1. The van der Waals surface area contributed by atoms with Crippen LogP contribution in [0.2, 0.25) is 0 Å². The van der Waals surface area contributed by atoms with Crippen LogP contribution in [0.5, 0.6) is 0 Å². The summed E-state index contributed by atoms with van der Waals surface area (Å²) in [5, 5.41) is 10.3. The molecule has 9 heteroatoms. The molecule has 164 valence electrons. The molecule has 4 heterocycles. The lowest BCUT2D eigenvalue weighted by atomic mass is 10.0. The molecule has 0 spiro atoms. The largest absolute Gasteiger partial charge is 0.477 e. The highest BCUT2D eigenvalue weighted by Gasteiger charge is 2.30. The zero-order chi connectivity index (χ0) is 22.1. The molecule has 0 bridgehead atoms. The Labute approximate surface area is 189 Å². The number of ether oxygens (including phenoxy) is 1. The van der Waals surface area contributed by atoms with Gasteiger partial charge in [-0.1, -0.05) is 29.5 Å². The van der Waals surface area contributed by atoms with Crippen LogP contribution in [-0.4, -0.2) is 59.8 Å². The van der Waals surface area contributed by atoms with Gasteiger partial charge in [0.15, 0.2) is 5.13 Å². The fraction of sp³-hybridized carbons (Fsp3) is 0.304. The zero-order valence-electron chi connectivity index (χ0n) is 17.4. The number of morpholine rings is 1. The molecule has 0 saturated carbocycles. The van der Waals surface area contributed by atoms with Crippen LogP contribution in [0.25, 0.3) is 11.3 Å². The number of carbonyl (C=O) groups is 2. The molecule has 1 saturated heterocycles. The lowest BCUT2D eigenvalue weighted by Gasteiger charge is -2.26. The number of aromatic nitrogens is 2. The summed E-state index contributed by atoms with van der Waals surface area (Å²) in [4.78, 5) is 37.9. The van der Waals surface area contributed by atoms with E-state index in [1.807, 2.05) is 41.3 Å². The van der Waals surface area contributed by atoms with E-state index in [1.165, 1.54) is 0 Å². The quantitative estimate of drug-likeness (QED) is 0.639. The molecule has 1 fully saturated rings. The van der Waals surface area contributed by atoms with Gasteiger partial charge in [0.05, 0.1) is 31.0 Å². The van der Waals surface area contributed by atoms with E-state index in [2.05, 4.69) is 9.97 Å². The van der Waals surface area contributed by atoms with Crippen LogP contribution in [0.1, 0.15) is 20.9 Å². The van der Waals surface area contributed by atoms with Crippen molar-refractivity contribution >= 4 is 34.0 Å². The topological polar surface area (TPSA) is 95.9 Å². The van der Waals surface area contributed by atoms with E-state index in [9.17, 15) is 14.7 Å². The summed E-state index contributed by atoms with van der Waals surface area (Å²) in [6.07, 6.45) is 2.44. The maximum Gasteiger partial charge on any atom is 0.347 e. The first-order valence-electron chi connectivity index (χ1n) is 10.5. The van der Waals surface area contributed by atoms with Crippen molar-refractivity contribution in [1.29, 1.82) is 0 Å². The summed E-state index contributed by atoms with van der Waals surface area (Å²) in [7, 11) is 0. The molecule has 32 heavy (non-hydrogen) atoms. The molecule has 3 aromatic rings. The van der Waals surface area contributed by atoms with Crippen LogP contribution in [0, 0.1) is 0 Å². The average Bonchev–Trinajstić information content (AvgIpc) is 3.45. The molecule has 2 aliphatic rings. The molecule has 2 aromatic heterocycles. The Morgan fingerprint density at radius 1 is 1.09 bits per heavy atom. The van der Waals surface area contributed by atoms with E-state index >= 15 is 0 Å². The number of nitrogens with zero attached hydrogens (tertiary/aromatic N) is 4. The van der Waals surface area contributed by atoms with Gasteiger partial charge in [0.1, 0.15) is 4.88 Å². The summed E-state index contributed by atoms with van der Waals surface area (Å²) in [5.41, 5.74) is 4.17. The highest BCUT2D eigenvalue weighted by molar-refractivity contribution is 7.17. The highest BCUT2D eigenvalue weighted by Crippen LogP contribution is 2.36. The van der Waals surface area contributed by atoms with Crippen LogP contribution in [0.15, 0.2) is 42.6 Å². The number of carboxylic acid groups (broad SMARTS) is 1. The number of carbonyl (C=O) groups excluding carboxylic acids is 1. The van der Waals surface area contributed by atoms with E-state index in [4.69, 9.17) is 4.74 Å². The summed E-state index contributed by atoms with van der Waals surface area (Å²) in [5.74, 6) is -1.20. The predicted octanol–water partition coefficient (Wildman–Crippen LogP) is 2.87. The Morgan fingerprint density at radius 3 is 2.69 bits per heavy atom. The normalized spacial score (nSPS) is 15.6. The molecule has 1 amide bonds. The van der Waals surface area contributed by atoms with Crippen LogP contribution in [0.4, 0.5) is 10.8 Å². The molecule has 0 aliphatic carbocycles. The van der Waals surface area contributed by atoms with Gasteiger partial charge in [-0.05, 0) is 30.2 Å². The van der Waals surface area contributed by atoms with Crippen LogP contribution in [0.3, 0.4) is 0 Å². The molecular weight excluding hydrogens is 428 g/mol. The van der Waals surface area contributed by atoms with Crippen molar-refractivity contribution in [1.82, 2.24) is 9.97 Å². The molecular formula is C23H22N4O4S. The Bertz CT molecular complexity index is 1160. The van der Waals surface area contributed by atoms with Gasteiger partial charge < -0.3 is 19.6 Å². The van der Waals surface area contributed by atoms with Gasteiger partial charge in [0, 0.05) is 37.1 Å². The van der Waals surface area contributed by atoms with Crippen molar-refractivity contribution in [2.75, 3.05) is 42.6 Å². The minimum absolute atomic E-state index is 0.0459. The van der Waals surface area contributed by atoms with Crippen LogP contribution < -0.4 is 9.80 Å². The average molecular weight is 451 g/mol. The summed E-state index contributed by atoms with van der Waals surface area (Å²) in [6, 6.07) is 11.7. The minimum Gasteiger partial charge on any atom is -0.477 e. The highest BCUT2D eigenvalue weighted by atomic mass is 32.1. The molecule has 0 radical (unpaired) electrons. The number of hydrogen-bond acceptors (Lipinski definition) is 7. The number of pyridine rings is 1. The third-order valence-corrected chi connectivity index (χ3v) is 6.90. The fourth-order valence-electron chi connectivity index (χ4n) is 4.21. The maximum atomic E-state index is 13.2. The first kappa shape index (κ1) is 20.6. The molecule has 0 unspecified atom stereocenters. The number of rotatable bonds is 5. The Morgan fingerprint density at radius 2 is 1.94 bits per heavy atom. The third kappa shape index (κ3) is 3.85. The van der Waals surface area contributed by atoms with Crippen molar-refractivity contribution in [3.05, 3.63) is 58.7 Å². The standard InChI is InChI=1S/C23H22N4O4S/c28-20(14-18-21(22(29)30)32-23(25-18)26-10-12-31-13-11-26)27-9-7-16-15(4-3-6-19(16)27)17-5-1-2-8-24-17/h1-6,8H,7,9-14H2,(H,29,30). The Balaban J connectivity index is 1.40. The molecule has 1 N–H and O–H groups in total. The van der Waals surface area contributed by atoms with E-state index in [-0.39, 0.29) is 17.2 Å². The number of hydrogen-bond donors (Lipinski definition) is 1. The first-order chi connectivity index (χ1) is 15.6. The lowest BCUT2D eigenvalue weighted by Crippen LogP contribution is -2.36. The van der Waals surface area contributed by atoms with Gasteiger partial charge >= 0.3 is 5.97 Å². The zero-order valence-corrected chi connectivity index (χ0v) is 18.2. The minimum atomic E-state index is -1.05. The smallest absolute Gasteiger partial charge is 0.347 e. The predicted molar refractivity (Wildman–Crippen MR) is 122 cm³/mol. The Kier molecular flexibility index (Phi) is 5.59. The van der Waals surface area contributed by atoms with Crippen LogP contribution >= 0.6 is 11.3 Å². The molecule has 2 aliphatic heterocycles. The number of fused-ring (bicyclic) bond motifs is 1. The third-order valence-electron chi connectivity index (χ3n) is 5.75. The van der Waals surface area contributed by atoms with Crippen molar-refractivity contribution < 1.29 is 19.4 Å². The van der Waals surface area contributed by atoms with Crippen molar-refractivity contribution in [2.45, 2.75) is 12.8 Å². The fourth-order valence-corrected chi connectivity index (χ4v) is 5.18. The number of aromatic carboxylic acids is 1.